The van der Waals surface area contributed by atoms with E-state index in [9.17, 15) is 24.4 Å². The van der Waals surface area contributed by atoms with Gasteiger partial charge in [0, 0.05) is 86.2 Å². The van der Waals surface area contributed by atoms with Gasteiger partial charge in [0.05, 0.1) is 27.7 Å². The fraction of sp³-hybridized carbons (Fsp3) is 0.477. The van der Waals surface area contributed by atoms with E-state index in [2.05, 4.69) is 35.4 Å². The second-order valence-electron chi connectivity index (χ2n) is 17.7. The summed E-state index contributed by atoms with van der Waals surface area (Å²) < 4.78 is 23.0. The fourth-order valence-corrected chi connectivity index (χ4v) is 10.2. The van der Waals surface area contributed by atoms with Gasteiger partial charge in [-0.25, -0.2) is 9.67 Å². The Morgan fingerprint density at radius 3 is 2.37 bits per heavy atom. The van der Waals surface area contributed by atoms with Crippen LogP contribution in [0.3, 0.4) is 0 Å². The quantitative estimate of drug-likeness (QED) is 0.171. The number of imide groups is 1. The Kier molecular flexibility index (Phi) is 11.1. The average molecular weight is 838 g/mol. The average Bonchev–Trinajstić information content (AvgIpc) is 3.22. The normalized spacial score (nSPS) is 23.1. The highest BCUT2D eigenvalue weighted by atomic mass is 35.5. The predicted octanol–water partition coefficient (Wildman–Crippen LogP) is 5.08. The summed E-state index contributed by atoms with van der Waals surface area (Å²) in [5.74, 6) is -0.610. The molecule has 2 N–H and O–H groups in total. The Bertz CT molecular complexity index is 2440. The third kappa shape index (κ3) is 7.78. The third-order valence-corrected chi connectivity index (χ3v) is 13.3. The molecule has 2 aromatic carbocycles. The smallest absolute Gasteiger partial charge is 0.275 e. The van der Waals surface area contributed by atoms with Crippen LogP contribution in [0.4, 0.5) is 15.9 Å². The fourth-order valence-electron chi connectivity index (χ4n) is 9.96. The number of rotatable bonds is 9. The molecule has 8 rings (SSSR count). The maximum Gasteiger partial charge on any atom is 0.275 e. The number of nitrogens with zero attached hydrogens (tertiary/aromatic N) is 7. The lowest BCUT2D eigenvalue weighted by atomic mass is 9.49. The number of nitriles is 1. The van der Waals surface area contributed by atoms with Crippen LogP contribution in [0, 0.1) is 34.0 Å². The van der Waals surface area contributed by atoms with Crippen LogP contribution in [0.1, 0.15) is 75.3 Å². The van der Waals surface area contributed by atoms with E-state index in [4.69, 9.17) is 16.3 Å². The SMILES string of the molecule is CC1(C)[C@H](NC(=O)c2ccc(N3CCC(CN4CCN(c5ccc6c(=O)n(C7CCC(=O)NC7=O)ncc6c5)CC4)CC3)nc2F)C(C)(C)[C@H]1Oc1ccc(C#N)c(Cl)c1. The molecule has 3 amide bonds. The molecular formula is C44H49ClFN9O5. The summed E-state index contributed by atoms with van der Waals surface area (Å²) in [7, 11) is 0. The molecule has 4 fully saturated rings. The van der Waals surface area contributed by atoms with Crippen molar-refractivity contribution >= 4 is 51.6 Å². The van der Waals surface area contributed by atoms with Crippen molar-refractivity contribution in [1.82, 2.24) is 30.3 Å². The molecule has 60 heavy (non-hydrogen) atoms. The number of piperidine rings is 2. The largest absolute Gasteiger partial charge is 0.489 e. The van der Waals surface area contributed by atoms with Gasteiger partial charge in [-0.3, -0.25) is 29.4 Å². The number of carbonyl (C=O) groups excluding carboxylic acids is 3. The molecule has 2 aromatic heterocycles. The number of halogens is 2. The van der Waals surface area contributed by atoms with Gasteiger partial charge in [-0.2, -0.15) is 14.8 Å². The summed E-state index contributed by atoms with van der Waals surface area (Å²) in [6, 6.07) is 14.8. The number of fused-ring (bicyclic) bond motifs is 1. The summed E-state index contributed by atoms with van der Waals surface area (Å²) in [4.78, 5) is 61.8. The summed E-state index contributed by atoms with van der Waals surface area (Å²) in [6.07, 6.45) is 3.64. The molecule has 3 saturated heterocycles. The number of pyridine rings is 1. The Hall–Kier alpha value is -5.59. The number of carbonyl (C=O) groups is 3. The number of aromatic nitrogens is 3. The van der Waals surface area contributed by atoms with E-state index in [1.807, 2.05) is 45.9 Å². The van der Waals surface area contributed by atoms with Gasteiger partial charge in [-0.15, -0.1) is 0 Å². The molecule has 314 valence electrons. The standard InChI is InChI=1S/C44H49ClFN9O5/c1-43(2)41(44(3,4)42(43)60-30-7-5-27(23-47)33(45)22-30)51-38(57)32-9-11-35(49-37(32)46)54-15-13-26(14-16-54)25-52-17-19-53(20-18-52)29-6-8-31-28(21-29)24-48-55(40(31)59)34-10-12-36(56)50-39(34)58/h5-9,11,21-22,24,26,34,41-42H,10,12-20,25H2,1-4H3,(H,51,57)(H,50,56,58)/t34?,41-,42-. The zero-order chi connectivity index (χ0) is 42.5. The van der Waals surface area contributed by atoms with Crippen molar-refractivity contribution in [2.75, 3.05) is 55.6 Å². The Labute approximate surface area is 352 Å². The van der Waals surface area contributed by atoms with Crippen molar-refractivity contribution < 1.29 is 23.5 Å². The molecule has 3 aliphatic heterocycles. The van der Waals surface area contributed by atoms with Gasteiger partial charge in [0.25, 0.3) is 17.4 Å². The second kappa shape index (κ2) is 16.1. The molecule has 1 aliphatic carbocycles. The third-order valence-electron chi connectivity index (χ3n) is 13.0. The Morgan fingerprint density at radius 1 is 0.967 bits per heavy atom. The lowest BCUT2D eigenvalue weighted by molar-refractivity contribution is -0.164. The highest BCUT2D eigenvalue weighted by Crippen LogP contribution is 2.55. The number of benzene rings is 2. The Morgan fingerprint density at radius 2 is 1.70 bits per heavy atom. The van der Waals surface area contributed by atoms with Gasteiger partial charge < -0.3 is 19.9 Å². The summed E-state index contributed by atoms with van der Waals surface area (Å²) in [6.45, 7) is 14.0. The maximum atomic E-state index is 15.5. The van der Waals surface area contributed by atoms with Gasteiger partial charge in [-0.1, -0.05) is 39.3 Å². The van der Waals surface area contributed by atoms with E-state index >= 15 is 4.39 Å². The van der Waals surface area contributed by atoms with Crippen molar-refractivity contribution in [2.45, 2.75) is 71.6 Å². The van der Waals surface area contributed by atoms with Gasteiger partial charge in [-0.05, 0) is 67.6 Å². The van der Waals surface area contributed by atoms with Crippen LogP contribution >= 0.6 is 11.6 Å². The number of hydrogen-bond donors (Lipinski definition) is 2. The first-order chi connectivity index (χ1) is 28.6. The summed E-state index contributed by atoms with van der Waals surface area (Å²) in [5, 5.41) is 20.4. The summed E-state index contributed by atoms with van der Waals surface area (Å²) in [5.41, 5.74) is -0.0568. The van der Waals surface area contributed by atoms with Crippen LogP contribution in [-0.2, 0) is 9.59 Å². The first kappa shape index (κ1) is 41.2. The van der Waals surface area contributed by atoms with Crippen LogP contribution in [0.2, 0.25) is 5.02 Å². The van der Waals surface area contributed by atoms with E-state index in [0.29, 0.717) is 38.8 Å². The lowest BCUT2D eigenvalue weighted by Crippen LogP contribution is -2.74. The molecule has 0 radical (unpaired) electrons. The van der Waals surface area contributed by atoms with Crippen LogP contribution in [0.5, 0.6) is 5.75 Å². The van der Waals surface area contributed by atoms with Crippen molar-refractivity contribution in [1.29, 1.82) is 5.26 Å². The topological polar surface area (TPSA) is 166 Å². The van der Waals surface area contributed by atoms with Crippen molar-refractivity contribution in [2.24, 2.45) is 16.7 Å². The minimum atomic E-state index is -0.800. The van der Waals surface area contributed by atoms with E-state index in [1.54, 1.807) is 36.5 Å². The molecule has 0 spiro atoms. The van der Waals surface area contributed by atoms with E-state index in [-0.39, 0.29) is 42.0 Å². The predicted molar refractivity (Wildman–Crippen MR) is 225 cm³/mol. The van der Waals surface area contributed by atoms with Crippen molar-refractivity contribution in [3.05, 3.63) is 87.2 Å². The minimum Gasteiger partial charge on any atom is -0.489 e. The number of anilines is 2. The minimum absolute atomic E-state index is 0.101. The number of piperazine rings is 1. The molecule has 5 heterocycles. The van der Waals surface area contributed by atoms with Crippen LogP contribution in [0.15, 0.2) is 59.5 Å². The zero-order valence-corrected chi connectivity index (χ0v) is 35.0. The molecular weight excluding hydrogens is 789 g/mol. The van der Waals surface area contributed by atoms with Crippen LogP contribution in [0.25, 0.3) is 10.8 Å². The van der Waals surface area contributed by atoms with Gasteiger partial charge >= 0.3 is 0 Å². The van der Waals surface area contributed by atoms with Crippen LogP contribution < -0.4 is 30.7 Å². The molecule has 14 nitrogen and oxygen atoms in total. The number of ether oxygens (including phenoxy) is 1. The second-order valence-corrected chi connectivity index (χ2v) is 18.1. The first-order valence-corrected chi connectivity index (χ1v) is 20.9. The van der Waals surface area contributed by atoms with Gasteiger partial charge in [0.15, 0.2) is 0 Å². The van der Waals surface area contributed by atoms with Crippen LogP contribution in [-0.4, -0.2) is 95.3 Å². The first-order valence-electron chi connectivity index (χ1n) is 20.5. The molecule has 4 aliphatic rings. The lowest BCUT2D eigenvalue weighted by Gasteiger charge is -2.63. The monoisotopic (exact) mass is 837 g/mol. The van der Waals surface area contributed by atoms with E-state index in [0.717, 1.165) is 64.3 Å². The molecule has 1 unspecified atom stereocenters. The number of nitrogens with one attached hydrogen (secondary N) is 2. The van der Waals surface area contributed by atoms with Crippen molar-refractivity contribution in [3.63, 3.8) is 0 Å². The van der Waals surface area contributed by atoms with E-state index in [1.165, 1.54) is 10.7 Å². The number of amides is 3. The summed E-state index contributed by atoms with van der Waals surface area (Å²) >= 11 is 6.23. The van der Waals surface area contributed by atoms with Crippen molar-refractivity contribution in [3.8, 4) is 11.8 Å². The van der Waals surface area contributed by atoms with Gasteiger partial charge in [0.2, 0.25) is 11.9 Å². The maximum absolute atomic E-state index is 15.5. The molecule has 0 bridgehead atoms. The van der Waals surface area contributed by atoms with Gasteiger partial charge in [0.1, 0.15) is 29.8 Å². The molecule has 1 saturated carbocycles. The molecule has 4 aromatic rings. The Balaban J connectivity index is 0.807. The van der Waals surface area contributed by atoms with E-state index < -0.39 is 34.6 Å². The highest BCUT2D eigenvalue weighted by molar-refractivity contribution is 6.31. The molecule has 16 heteroatoms. The highest BCUT2D eigenvalue weighted by Gasteiger charge is 2.64. The zero-order valence-electron chi connectivity index (χ0n) is 34.2. The number of hydrogen-bond acceptors (Lipinski definition) is 11. The molecule has 1 atom stereocenters.